The maximum atomic E-state index is 12.8. The second kappa shape index (κ2) is 4.56. The highest BCUT2D eigenvalue weighted by molar-refractivity contribution is 6.13. The van der Waals surface area contributed by atoms with Crippen LogP contribution >= 0.6 is 0 Å². The molecule has 1 amide bonds. The number of amides is 1. The number of hydrogen-bond acceptors (Lipinski definition) is 2. The molecule has 0 radical (unpaired) electrons. The number of nitrogens with zero attached hydrogens (tertiary/aromatic N) is 2. The molecule has 0 aromatic heterocycles. The van der Waals surface area contributed by atoms with Gasteiger partial charge in [-0.2, -0.15) is 18.2 Å². The zero-order chi connectivity index (χ0) is 16.1. The predicted molar refractivity (Wildman–Crippen MR) is 76.9 cm³/mol. The lowest BCUT2D eigenvalue weighted by molar-refractivity contribution is -0.137. The highest BCUT2D eigenvalue weighted by Crippen LogP contribution is 2.34. The topological polar surface area (TPSA) is 32.7 Å². The van der Waals surface area contributed by atoms with Gasteiger partial charge in [0, 0.05) is 6.20 Å². The zero-order valence-electron chi connectivity index (χ0n) is 12.0. The minimum absolute atomic E-state index is 0.270. The van der Waals surface area contributed by atoms with Crippen LogP contribution in [0, 0.1) is 0 Å². The number of halogens is 3. The second-order valence-electron chi connectivity index (χ2n) is 5.70. The molecule has 3 nitrogen and oxygen atoms in total. The van der Waals surface area contributed by atoms with Gasteiger partial charge in [0.15, 0.2) is 0 Å². The lowest BCUT2D eigenvalue weighted by atomic mass is 9.98. The number of aliphatic imine (C=N–C) groups is 1. The first kappa shape index (κ1) is 14.6. The Morgan fingerprint density at radius 2 is 1.91 bits per heavy atom. The molecule has 1 aromatic rings. The molecule has 0 unspecified atom stereocenters. The summed E-state index contributed by atoms with van der Waals surface area (Å²) in [5.74, 6) is 0.236. The summed E-state index contributed by atoms with van der Waals surface area (Å²) in [6.45, 7) is 3.45. The summed E-state index contributed by atoms with van der Waals surface area (Å²) in [6, 6.07) is 5.12. The van der Waals surface area contributed by atoms with E-state index in [1.807, 2.05) is 0 Å². The minimum Gasteiger partial charge on any atom is -0.318 e. The molecule has 2 heterocycles. The van der Waals surface area contributed by atoms with Crippen molar-refractivity contribution in [1.82, 2.24) is 4.90 Å². The third-order valence-electron chi connectivity index (χ3n) is 3.79. The smallest absolute Gasteiger partial charge is 0.318 e. The number of carbonyl (C=O) groups excluding carboxylic acids is 1. The Morgan fingerprint density at radius 3 is 2.59 bits per heavy atom. The summed E-state index contributed by atoms with van der Waals surface area (Å²) >= 11 is 0. The van der Waals surface area contributed by atoms with Gasteiger partial charge in [0.1, 0.15) is 11.4 Å². The average molecular weight is 306 g/mol. The summed E-state index contributed by atoms with van der Waals surface area (Å²) in [5.41, 5.74) is -0.476. The van der Waals surface area contributed by atoms with Gasteiger partial charge in [0.25, 0.3) is 5.91 Å². The Kier molecular flexibility index (Phi) is 3.02. The van der Waals surface area contributed by atoms with Crippen LogP contribution in [0.1, 0.15) is 25.0 Å². The van der Waals surface area contributed by atoms with Crippen molar-refractivity contribution in [2.75, 3.05) is 0 Å². The monoisotopic (exact) mass is 306 g/mol. The highest BCUT2D eigenvalue weighted by atomic mass is 19.4. The van der Waals surface area contributed by atoms with E-state index in [0.29, 0.717) is 17.0 Å². The number of carbonyl (C=O) groups is 1. The van der Waals surface area contributed by atoms with E-state index in [-0.39, 0.29) is 5.91 Å². The Bertz CT molecular complexity index is 742. The van der Waals surface area contributed by atoms with Crippen LogP contribution in [0.15, 0.2) is 47.6 Å². The van der Waals surface area contributed by atoms with Crippen molar-refractivity contribution in [3.05, 3.63) is 53.7 Å². The lowest BCUT2D eigenvalue weighted by Crippen LogP contribution is -2.43. The largest absolute Gasteiger partial charge is 0.416 e. The quantitative estimate of drug-likeness (QED) is 0.793. The van der Waals surface area contributed by atoms with E-state index in [1.54, 1.807) is 43.2 Å². The van der Waals surface area contributed by atoms with E-state index in [4.69, 9.17) is 0 Å². The van der Waals surface area contributed by atoms with Gasteiger partial charge in [0.2, 0.25) is 0 Å². The van der Waals surface area contributed by atoms with Crippen LogP contribution in [0.2, 0.25) is 0 Å². The van der Waals surface area contributed by atoms with Gasteiger partial charge in [-0.05, 0) is 49.3 Å². The summed E-state index contributed by atoms with van der Waals surface area (Å²) in [5, 5.41) is 0. The Hall–Kier alpha value is -2.37. The molecule has 22 heavy (non-hydrogen) atoms. The molecule has 2 aliphatic heterocycles. The second-order valence-corrected chi connectivity index (χ2v) is 5.70. The first-order chi connectivity index (χ1) is 10.2. The maximum absolute atomic E-state index is 12.8. The Labute approximate surface area is 125 Å². The van der Waals surface area contributed by atoms with Crippen LogP contribution in [0.5, 0.6) is 0 Å². The first-order valence-electron chi connectivity index (χ1n) is 6.69. The molecule has 0 aliphatic carbocycles. The number of benzene rings is 1. The highest BCUT2D eigenvalue weighted by Gasteiger charge is 2.41. The van der Waals surface area contributed by atoms with Crippen molar-refractivity contribution in [3.8, 4) is 0 Å². The van der Waals surface area contributed by atoms with E-state index in [1.165, 1.54) is 6.07 Å². The summed E-state index contributed by atoms with van der Waals surface area (Å²) in [4.78, 5) is 17.5. The molecule has 1 aromatic carbocycles. The average Bonchev–Trinajstić information content (AvgIpc) is 2.68. The van der Waals surface area contributed by atoms with Crippen molar-refractivity contribution < 1.29 is 18.0 Å². The molecule has 0 saturated heterocycles. The molecular weight excluding hydrogens is 293 g/mol. The minimum atomic E-state index is -4.38. The summed E-state index contributed by atoms with van der Waals surface area (Å²) < 4.78 is 38.4. The van der Waals surface area contributed by atoms with Crippen molar-refractivity contribution in [2.45, 2.75) is 25.6 Å². The maximum Gasteiger partial charge on any atom is 0.416 e. The molecule has 2 aliphatic rings. The van der Waals surface area contributed by atoms with Gasteiger partial charge in [-0.1, -0.05) is 12.1 Å². The molecule has 3 rings (SSSR count). The van der Waals surface area contributed by atoms with Crippen LogP contribution in [-0.2, 0) is 11.0 Å². The molecule has 0 spiro atoms. The lowest BCUT2D eigenvalue weighted by Gasteiger charge is -2.31. The van der Waals surface area contributed by atoms with Crippen molar-refractivity contribution in [2.24, 2.45) is 4.99 Å². The van der Waals surface area contributed by atoms with Crippen LogP contribution < -0.4 is 0 Å². The van der Waals surface area contributed by atoms with Gasteiger partial charge in [0.05, 0.1) is 5.56 Å². The van der Waals surface area contributed by atoms with Gasteiger partial charge in [-0.3, -0.25) is 4.79 Å². The summed E-state index contributed by atoms with van der Waals surface area (Å²) in [6.07, 6.45) is 0.589. The van der Waals surface area contributed by atoms with Crippen LogP contribution in [0.25, 0.3) is 5.57 Å². The summed E-state index contributed by atoms with van der Waals surface area (Å²) in [7, 11) is 0. The van der Waals surface area contributed by atoms with E-state index in [2.05, 4.69) is 4.99 Å². The first-order valence-corrected chi connectivity index (χ1v) is 6.69. The normalized spacial score (nSPS) is 19.9. The number of hydrogen-bond donors (Lipinski definition) is 0. The van der Waals surface area contributed by atoms with E-state index in [0.717, 1.165) is 12.1 Å². The third kappa shape index (κ3) is 2.24. The molecule has 0 fully saturated rings. The molecule has 0 saturated carbocycles. The predicted octanol–water partition coefficient (Wildman–Crippen LogP) is 3.64. The number of fused-ring (bicyclic) bond motifs is 1. The van der Waals surface area contributed by atoms with E-state index < -0.39 is 17.3 Å². The molecule has 6 heteroatoms. The molecule has 114 valence electrons. The fourth-order valence-electron chi connectivity index (χ4n) is 2.42. The van der Waals surface area contributed by atoms with Crippen LogP contribution in [0.3, 0.4) is 0 Å². The van der Waals surface area contributed by atoms with Gasteiger partial charge in [-0.25, -0.2) is 0 Å². The van der Waals surface area contributed by atoms with Crippen molar-refractivity contribution >= 4 is 17.3 Å². The number of rotatable bonds is 1. The number of allylic oxidation sites excluding steroid dienone is 2. The molecule has 0 bridgehead atoms. The SMILES string of the molecule is CC1(C)C(=O)N=C2C=CC(c3cccc(C(F)(F)F)c3)=CN21. The molecule has 0 atom stereocenters. The standard InChI is InChI=1S/C16H13F3N2O/c1-15(2)14(22)20-13-7-6-11(9-21(13)15)10-4-3-5-12(8-10)16(17,18)19/h3-9H,1-2H3. The zero-order valence-corrected chi connectivity index (χ0v) is 12.0. The molecule has 0 N–H and O–H groups in total. The van der Waals surface area contributed by atoms with Gasteiger partial charge >= 0.3 is 6.18 Å². The van der Waals surface area contributed by atoms with Crippen LogP contribution in [0.4, 0.5) is 13.2 Å². The van der Waals surface area contributed by atoms with Gasteiger partial charge in [-0.15, -0.1) is 0 Å². The number of amidine groups is 1. The van der Waals surface area contributed by atoms with Crippen LogP contribution in [-0.4, -0.2) is 22.2 Å². The fraction of sp³-hybridized carbons (Fsp3) is 0.250. The molecular formula is C16H13F3N2O. The Morgan fingerprint density at radius 1 is 1.18 bits per heavy atom. The van der Waals surface area contributed by atoms with E-state index in [9.17, 15) is 18.0 Å². The third-order valence-corrected chi connectivity index (χ3v) is 3.79. The Balaban J connectivity index is 2.01. The van der Waals surface area contributed by atoms with Gasteiger partial charge < -0.3 is 4.90 Å². The van der Waals surface area contributed by atoms with Crippen molar-refractivity contribution in [1.29, 1.82) is 0 Å². The van der Waals surface area contributed by atoms with Crippen molar-refractivity contribution in [3.63, 3.8) is 0 Å². The fourth-order valence-corrected chi connectivity index (χ4v) is 2.42. The number of alkyl halides is 3. The van der Waals surface area contributed by atoms with E-state index >= 15 is 0 Å².